The predicted octanol–water partition coefficient (Wildman–Crippen LogP) is 5.65. The van der Waals surface area contributed by atoms with Crippen molar-refractivity contribution in [2.24, 2.45) is 0 Å². The molecule has 1 atom stereocenters. The highest BCUT2D eigenvalue weighted by molar-refractivity contribution is 6.52. The van der Waals surface area contributed by atoms with E-state index in [0.29, 0.717) is 11.3 Å². The SMILES string of the molecule is COc1c(Cl)cc(/C(O)=C2\C(=O)C(=O)N(c3ccc(C)c(C)c3)C2c2cccnc2)c(OC)c1Cl. The Morgan fingerprint density at radius 1 is 1.03 bits per heavy atom. The number of hydrogen-bond acceptors (Lipinski definition) is 6. The van der Waals surface area contributed by atoms with Crippen LogP contribution in [0.3, 0.4) is 0 Å². The topological polar surface area (TPSA) is 89.0 Å². The number of methoxy groups -OCH3 is 2. The summed E-state index contributed by atoms with van der Waals surface area (Å²) in [4.78, 5) is 32.2. The second-order valence-corrected chi connectivity index (χ2v) is 8.80. The fourth-order valence-corrected chi connectivity index (χ4v) is 4.81. The Kier molecular flexibility index (Phi) is 6.74. The molecule has 0 aliphatic carbocycles. The zero-order valence-electron chi connectivity index (χ0n) is 19.4. The lowest BCUT2D eigenvalue weighted by atomic mass is 9.95. The molecule has 1 saturated heterocycles. The van der Waals surface area contributed by atoms with Gasteiger partial charge in [-0.1, -0.05) is 35.3 Å². The van der Waals surface area contributed by atoms with Gasteiger partial charge in [0.25, 0.3) is 11.7 Å². The zero-order valence-corrected chi connectivity index (χ0v) is 20.9. The van der Waals surface area contributed by atoms with Crippen LogP contribution in [-0.2, 0) is 9.59 Å². The third-order valence-electron chi connectivity index (χ3n) is 6.01. The molecule has 180 valence electrons. The molecule has 0 bridgehead atoms. The van der Waals surface area contributed by atoms with Crippen LogP contribution in [0.4, 0.5) is 5.69 Å². The summed E-state index contributed by atoms with van der Waals surface area (Å²) in [5.74, 6) is -1.92. The van der Waals surface area contributed by atoms with E-state index < -0.39 is 23.5 Å². The molecular formula is C26H22Cl2N2O5. The minimum absolute atomic E-state index is 0.0189. The van der Waals surface area contributed by atoms with Crippen molar-refractivity contribution in [2.45, 2.75) is 19.9 Å². The highest BCUT2D eigenvalue weighted by atomic mass is 35.5. The van der Waals surface area contributed by atoms with E-state index >= 15 is 0 Å². The molecule has 1 aliphatic rings. The largest absolute Gasteiger partial charge is 0.507 e. The summed E-state index contributed by atoms with van der Waals surface area (Å²) in [5, 5.41) is 11.6. The molecule has 1 unspecified atom stereocenters. The number of aliphatic hydroxyl groups excluding tert-OH is 1. The Bertz CT molecular complexity index is 1370. The molecule has 9 heteroatoms. The van der Waals surface area contributed by atoms with Gasteiger partial charge in [-0.15, -0.1) is 0 Å². The van der Waals surface area contributed by atoms with E-state index in [1.807, 2.05) is 26.0 Å². The second kappa shape index (κ2) is 9.60. The molecule has 1 aliphatic heterocycles. The normalized spacial score (nSPS) is 17.1. The van der Waals surface area contributed by atoms with E-state index in [-0.39, 0.29) is 32.7 Å². The molecule has 1 N–H and O–H groups in total. The number of aromatic nitrogens is 1. The number of nitrogens with zero attached hydrogens (tertiary/aromatic N) is 2. The number of carbonyl (C=O) groups excluding carboxylic acids is 2. The third-order valence-corrected chi connectivity index (χ3v) is 6.63. The summed E-state index contributed by atoms with van der Waals surface area (Å²) in [5.41, 5.74) is 2.95. The van der Waals surface area contributed by atoms with Crippen LogP contribution < -0.4 is 14.4 Å². The minimum Gasteiger partial charge on any atom is -0.507 e. The van der Waals surface area contributed by atoms with Crippen LogP contribution in [0.25, 0.3) is 5.76 Å². The number of benzene rings is 2. The van der Waals surface area contributed by atoms with Gasteiger partial charge in [-0.3, -0.25) is 19.5 Å². The summed E-state index contributed by atoms with van der Waals surface area (Å²) in [6.07, 6.45) is 3.13. The van der Waals surface area contributed by atoms with Crippen molar-refractivity contribution in [3.8, 4) is 11.5 Å². The molecule has 2 heterocycles. The number of halogens is 2. The van der Waals surface area contributed by atoms with Gasteiger partial charge in [-0.2, -0.15) is 0 Å². The summed E-state index contributed by atoms with van der Waals surface area (Å²) < 4.78 is 10.6. The van der Waals surface area contributed by atoms with Crippen LogP contribution in [0.2, 0.25) is 10.0 Å². The Morgan fingerprint density at radius 2 is 1.74 bits per heavy atom. The molecule has 35 heavy (non-hydrogen) atoms. The number of pyridine rings is 1. The van der Waals surface area contributed by atoms with E-state index in [1.165, 1.54) is 25.2 Å². The average Bonchev–Trinajstić information content (AvgIpc) is 3.11. The maximum Gasteiger partial charge on any atom is 0.300 e. The van der Waals surface area contributed by atoms with Gasteiger partial charge in [0.15, 0.2) is 11.5 Å². The lowest BCUT2D eigenvalue weighted by Crippen LogP contribution is -2.29. The van der Waals surface area contributed by atoms with Crippen molar-refractivity contribution in [2.75, 3.05) is 19.1 Å². The summed E-state index contributed by atoms with van der Waals surface area (Å²) in [6, 6.07) is 9.31. The highest BCUT2D eigenvalue weighted by Gasteiger charge is 2.47. The molecule has 7 nitrogen and oxygen atoms in total. The lowest BCUT2D eigenvalue weighted by molar-refractivity contribution is -0.132. The number of anilines is 1. The standard InChI is InChI=1S/C26H22Cl2N2O5/c1-13-7-8-16(10-14(13)2)30-21(15-6-5-9-29-12-15)19(23(32)26(30)33)22(31)17-11-18(27)25(35-4)20(28)24(17)34-3/h5-12,21,31H,1-4H3/b22-19+. The minimum atomic E-state index is -0.949. The lowest BCUT2D eigenvalue weighted by Gasteiger charge is -2.26. The smallest absolute Gasteiger partial charge is 0.300 e. The van der Waals surface area contributed by atoms with Gasteiger partial charge in [-0.05, 0) is 54.8 Å². The number of rotatable bonds is 5. The molecule has 0 spiro atoms. The molecule has 0 radical (unpaired) electrons. The van der Waals surface area contributed by atoms with Gasteiger partial charge in [0.05, 0.1) is 36.4 Å². The molecule has 1 fully saturated rings. The Morgan fingerprint density at radius 3 is 2.34 bits per heavy atom. The van der Waals surface area contributed by atoms with E-state index in [9.17, 15) is 14.7 Å². The second-order valence-electron chi connectivity index (χ2n) is 8.01. The first kappa shape index (κ1) is 24.6. The van der Waals surface area contributed by atoms with Crippen LogP contribution in [0.5, 0.6) is 11.5 Å². The van der Waals surface area contributed by atoms with Crippen LogP contribution in [-0.4, -0.2) is 36.0 Å². The van der Waals surface area contributed by atoms with Crippen molar-refractivity contribution < 1.29 is 24.2 Å². The van der Waals surface area contributed by atoms with E-state index in [4.69, 9.17) is 32.7 Å². The Labute approximate surface area is 212 Å². The van der Waals surface area contributed by atoms with Gasteiger partial charge in [0.2, 0.25) is 0 Å². The number of amides is 1. The third kappa shape index (κ3) is 4.11. The van der Waals surface area contributed by atoms with E-state index in [2.05, 4.69) is 4.98 Å². The number of carbonyl (C=O) groups is 2. The monoisotopic (exact) mass is 512 g/mol. The first-order chi connectivity index (χ1) is 16.7. The van der Waals surface area contributed by atoms with Crippen LogP contribution in [0.15, 0.2) is 54.4 Å². The van der Waals surface area contributed by atoms with Crippen molar-refractivity contribution >= 4 is 46.3 Å². The van der Waals surface area contributed by atoms with Gasteiger partial charge in [0.1, 0.15) is 10.8 Å². The first-order valence-electron chi connectivity index (χ1n) is 10.6. The average molecular weight is 513 g/mol. The summed E-state index contributed by atoms with van der Waals surface area (Å²) in [6.45, 7) is 3.87. The number of Topliss-reactive ketones (excluding diaryl/α,β-unsaturated/α-hetero) is 1. The van der Waals surface area contributed by atoms with Gasteiger partial charge in [-0.25, -0.2) is 0 Å². The number of aliphatic hydroxyl groups is 1. The maximum atomic E-state index is 13.4. The molecule has 3 aromatic rings. The molecular weight excluding hydrogens is 491 g/mol. The van der Waals surface area contributed by atoms with Gasteiger partial charge < -0.3 is 14.6 Å². The number of hydrogen-bond donors (Lipinski definition) is 1. The van der Waals surface area contributed by atoms with Crippen LogP contribution >= 0.6 is 23.2 Å². The molecule has 0 saturated carbocycles. The zero-order chi connectivity index (χ0) is 25.4. The van der Waals surface area contributed by atoms with Gasteiger partial charge >= 0.3 is 0 Å². The van der Waals surface area contributed by atoms with Gasteiger partial charge in [0, 0.05) is 18.1 Å². The number of aryl methyl sites for hydroxylation is 2. The molecule has 1 amide bonds. The van der Waals surface area contributed by atoms with Crippen LogP contribution in [0, 0.1) is 13.8 Å². The van der Waals surface area contributed by atoms with Crippen molar-refractivity contribution in [1.82, 2.24) is 4.98 Å². The molecule has 2 aromatic carbocycles. The maximum absolute atomic E-state index is 13.4. The van der Waals surface area contributed by atoms with Crippen molar-refractivity contribution in [3.63, 3.8) is 0 Å². The quantitative estimate of drug-likeness (QED) is 0.270. The first-order valence-corrected chi connectivity index (χ1v) is 11.3. The fraction of sp³-hybridized carbons (Fsp3) is 0.192. The van der Waals surface area contributed by atoms with Crippen molar-refractivity contribution in [3.05, 3.63) is 86.7 Å². The Balaban J connectivity index is 2.01. The summed E-state index contributed by atoms with van der Waals surface area (Å²) >= 11 is 12.7. The Hall–Kier alpha value is -3.55. The number of ketones is 1. The van der Waals surface area contributed by atoms with E-state index in [1.54, 1.807) is 30.6 Å². The number of ether oxygens (including phenoxy) is 2. The fourth-order valence-electron chi connectivity index (χ4n) is 4.12. The molecule has 1 aromatic heterocycles. The molecule has 4 rings (SSSR count). The van der Waals surface area contributed by atoms with E-state index in [0.717, 1.165) is 11.1 Å². The van der Waals surface area contributed by atoms with Crippen molar-refractivity contribution in [1.29, 1.82) is 0 Å². The van der Waals surface area contributed by atoms with Crippen LogP contribution in [0.1, 0.15) is 28.3 Å². The predicted molar refractivity (Wildman–Crippen MR) is 135 cm³/mol. The summed E-state index contributed by atoms with van der Waals surface area (Å²) in [7, 11) is 2.75. The highest BCUT2D eigenvalue weighted by Crippen LogP contribution is 2.48.